The first-order valence-electron chi connectivity index (χ1n) is 10.8. The minimum atomic E-state index is -5.17. The molecule has 0 spiro atoms. The van der Waals surface area contributed by atoms with Gasteiger partial charge in [0.15, 0.2) is 5.52 Å². The standard InChI is InChI=1S/C24H27F6O4P/c1-12(2)32-15-10-18(33-13(3)4)21(19(11-15)34-14(5)6)35-22(31)20-16(23(25,26)27)8-7-9-17(20)24(28,29)30/h7-14,35H,1-6H3. The van der Waals surface area contributed by atoms with Crippen molar-refractivity contribution in [3.63, 3.8) is 0 Å². The average molecular weight is 524 g/mol. The topological polar surface area (TPSA) is 44.8 Å². The van der Waals surface area contributed by atoms with Gasteiger partial charge in [-0.2, -0.15) is 26.3 Å². The van der Waals surface area contributed by atoms with Crippen LogP contribution in [0.15, 0.2) is 30.3 Å². The minimum Gasteiger partial charge on any atom is -0.491 e. The maximum Gasteiger partial charge on any atom is 0.417 e. The van der Waals surface area contributed by atoms with Gasteiger partial charge in [-0.05, 0) is 62.3 Å². The van der Waals surface area contributed by atoms with Gasteiger partial charge < -0.3 is 14.2 Å². The maximum absolute atomic E-state index is 13.6. The second kappa shape index (κ2) is 11.1. The number of hydrogen-bond donors (Lipinski definition) is 0. The molecule has 11 heteroatoms. The van der Waals surface area contributed by atoms with Crippen LogP contribution in [0, 0.1) is 0 Å². The number of alkyl halides is 6. The van der Waals surface area contributed by atoms with E-state index in [4.69, 9.17) is 14.2 Å². The van der Waals surface area contributed by atoms with Gasteiger partial charge in [0.2, 0.25) is 0 Å². The van der Waals surface area contributed by atoms with Gasteiger partial charge in [0.1, 0.15) is 17.2 Å². The predicted octanol–water partition coefficient (Wildman–Crippen LogP) is 7.23. The third kappa shape index (κ3) is 7.75. The van der Waals surface area contributed by atoms with Crippen molar-refractivity contribution in [1.29, 1.82) is 0 Å². The Kier molecular flexibility index (Phi) is 9.09. The molecule has 0 amide bonds. The molecule has 0 fully saturated rings. The summed E-state index contributed by atoms with van der Waals surface area (Å²) in [7, 11) is -1.15. The zero-order chi connectivity index (χ0) is 26.7. The van der Waals surface area contributed by atoms with Gasteiger partial charge in [-0.25, -0.2) is 0 Å². The molecule has 1 atom stereocenters. The molecule has 0 bridgehead atoms. The highest BCUT2D eigenvalue weighted by molar-refractivity contribution is 7.66. The molecule has 0 saturated heterocycles. The predicted molar refractivity (Wildman–Crippen MR) is 122 cm³/mol. The quantitative estimate of drug-likeness (QED) is 0.257. The van der Waals surface area contributed by atoms with Crippen LogP contribution in [0.3, 0.4) is 0 Å². The largest absolute Gasteiger partial charge is 0.491 e. The van der Waals surface area contributed by atoms with Gasteiger partial charge >= 0.3 is 12.4 Å². The fourth-order valence-electron chi connectivity index (χ4n) is 3.17. The third-order valence-corrected chi connectivity index (χ3v) is 5.50. The van der Waals surface area contributed by atoms with E-state index in [0.29, 0.717) is 23.9 Å². The molecule has 0 aliphatic carbocycles. The lowest BCUT2D eigenvalue weighted by Gasteiger charge is -2.22. The molecule has 0 saturated carbocycles. The summed E-state index contributed by atoms with van der Waals surface area (Å²) in [5, 5.41) is 0.0543. The first-order valence-corrected chi connectivity index (χ1v) is 11.8. The number of hydrogen-bond acceptors (Lipinski definition) is 4. The molecule has 4 nitrogen and oxygen atoms in total. The number of ether oxygens (including phenoxy) is 3. The molecule has 35 heavy (non-hydrogen) atoms. The summed E-state index contributed by atoms with van der Waals surface area (Å²) in [6.45, 7) is 10.3. The molecule has 0 N–H and O–H groups in total. The van der Waals surface area contributed by atoms with Gasteiger partial charge in [0, 0.05) is 17.7 Å². The van der Waals surface area contributed by atoms with E-state index in [2.05, 4.69) is 0 Å². The Morgan fingerprint density at radius 3 is 1.49 bits per heavy atom. The van der Waals surface area contributed by atoms with E-state index in [-0.39, 0.29) is 22.9 Å². The van der Waals surface area contributed by atoms with Crippen molar-refractivity contribution in [3.05, 3.63) is 47.0 Å². The Hall–Kier alpha value is -2.48. The fourth-order valence-corrected chi connectivity index (χ4v) is 4.30. The molecule has 0 aromatic heterocycles. The number of halogens is 6. The van der Waals surface area contributed by atoms with E-state index < -0.39 is 55.4 Å². The first-order chi connectivity index (χ1) is 16.0. The Labute approximate surface area is 201 Å². The number of carbonyl (C=O) groups excluding carboxylic acids is 1. The zero-order valence-electron chi connectivity index (χ0n) is 20.0. The van der Waals surface area contributed by atoms with Crippen molar-refractivity contribution < 1.29 is 45.3 Å². The Morgan fingerprint density at radius 2 is 1.14 bits per heavy atom. The van der Waals surface area contributed by atoms with E-state index in [1.165, 1.54) is 12.1 Å². The summed E-state index contributed by atoms with van der Waals surface area (Å²) < 4.78 is 98.9. The zero-order valence-corrected chi connectivity index (χ0v) is 21.0. The highest BCUT2D eigenvalue weighted by Crippen LogP contribution is 2.43. The van der Waals surface area contributed by atoms with E-state index in [9.17, 15) is 31.1 Å². The van der Waals surface area contributed by atoms with E-state index >= 15 is 0 Å². The van der Waals surface area contributed by atoms with E-state index in [1.807, 2.05) is 0 Å². The summed E-state index contributed by atoms with van der Waals surface area (Å²) in [4.78, 5) is 13.2. The van der Waals surface area contributed by atoms with Gasteiger partial charge in [-0.1, -0.05) is 6.07 Å². The highest BCUT2D eigenvalue weighted by Gasteiger charge is 2.43. The van der Waals surface area contributed by atoms with Crippen molar-refractivity contribution >= 4 is 19.4 Å². The Bertz CT molecular complexity index is 982. The molecule has 2 rings (SSSR count). The number of carbonyl (C=O) groups is 1. The van der Waals surface area contributed by atoms with Crippen LogP contribution < -0.4 is 19.5 Å². The fraction of sp³-hybridized carbons (Fsp3) is 0.458. The van der Waals surface area contributed by atoms with Gasteiger partial charge in [-0.15, -0.1) is 0 Å². The summed E-state index contributed by atoms with van der Waals surface area (Å²) >= 11 is 0. The first kappa shape index (κ1) is 28.8. The van der Waals surface area contributed by atoms with Crippen molar-refractivity contribution in [2.75, 3.05) is 0 Å². The lowest BCUT2D eigenvalue weighted by atomic mass is 10.0. The lowest BCUT2D eigenvalue weighted by Crippen LogP contribution is -2.21. The van der Waals surface area contributed by atoms with E-state index in [1.54, 1.807) is 41.5 Å². The second-order valence-corrected chi connectivity index (χ2v) is 9.68. The lowest BCUT2D eigenvalue weighted by molar-refractivity contribution is -0.143. The van der Waals surface area contributed by atoms with Gasteiger partial charge in [-0.3, -0.25) is 4.79 Å². The molecular formula is C24H27F6O4P. The summed E-state index contributed by atoms with van der Waals surface area (Å²) in [5.41, 5.74) is -6.08. The third-order valence-electron chi connectivity index (χ3n) is 4.28. The van der Waals surface area contributed by atoms with E-state index in [0.717, 1.165) is 0 Å². The normalized spacial score (nSPS) is 12.8. The molecule has 0 radical (unpaired) electrons. The van der Waals surface area contributed by atoms with Crippen LogP contribution in [-0.2, 0) is 12.4 Å². The molecule has 0 heterocycles. The summed E-state index contributed by atoms with van der Waals surface area (Å²) in [5.74, 6) is 0.482. The number of rotatable bonds is 9. The van der Waals surface area contributed by atoms with Crippen molar-refractivity contribution in [2.24, 2.45) is 0 Å². The molecule has 194 valence electrons. The monoisotopic (exact) mass is 524 g/mol. The van der Waals surface area contributed by atoms with Crippen LogP contribution in [0.4, 0.5) is 26.3 Å². The van der Waals surface area contributed by atoms with Crippen molar-refractivity contribution in [2.45, 2.75) is 72.2 Å². The second-order valence-electron chi connectivity index (χ2n) is 8.47. The Morgan fingerprint density at radius 1 is 0.743 bits per heavy atom. The maximum atomic E-state index is 13.6. The van der Waals surface area contributed by atoms with Gasteiger partial charge in [0.05, 0.1) is 34.7 Å². The van der Waals surface area contributed by atoms with Crippen molar-refractivity contribution in [1.82, 2.24) is 0 Å². The minimum absolute atomic E-state index is 0.0543. The van der Waals surface area contributed by atoms with Crippen LogP contribution in [-0.4, -0.2) is 23.8 Å². The van der Waals surface area contributed by atoms with Crippen LogP contribution in [0.1, 0.15) is 63.0 Å². The number of benzene rings is 2. The summed E-state index contributed by atoms with van der Waals surface area (Å²) in [6.07, 6.45) is -11.4. The average Bonchev–Trinajstić information content (AvgIpc) is 2.67. The van der Waals surface area contributed by atoms with Crippen LogP contribution in [0.5, 0.6) is 17.2 Å². The van der Waals surface area contributed by atoms with Crippen LogP contribution >= 0.6 is 8.58 Å². The Balaban J connectivity index is 2.73. The molecule has 1 unspecified atom stereocenters. The molecular weight excluding hydrogens is 497 g/mol. The highest BCUT2D eigenvalue weighted by atomic mass is 31.1. The molecule has 0 aliphatic heterocycles. The van der Waals surface area contributed by atoms with Crippen LogP contribution in [0.25, 0.3) is 0 Å². The molecule has 0 aliphatic rings. The van der Waals surface area contributed by atoms with Crippen molar-refractivity contribution in [3.8, 4) is 17.2 Å². The van der Waals surface area contributed by atoms with Gasteiger partial charge in [0.25, 0.3) is 0 Å². The smallest absolute Gasteiger partial charge is 0.417 e. The van der Waals surface area contributed by atoms with Crippen LogP contribution in [0.2, 0.25) is 0 Å². The molecule has 2 aromatic carbocycles. The molecule has 2 aromatic rings. The SMILES string of the molecule is CC(C)Oc1cc(OC(C)C)c(PC(=O)c2c(C(F)(F)F)cccc2C(F)(F)F)c(OC(C)C)c1. The summed E-state index contributed by atoms with van der Waals surface area (Å²) in [6, 6.07) is 4.45.